The Hall–Kier alpha value is -1.39. The van der Waals surface area contributed by atoms with Gasteiger partial charge in [-0.05, 0) is 34.6 Å². The number of nitrogens with one attached hydrogen (secondary N) is 3. The third-order valence-corrected chi connectivity index (χ3v) is 2.69. The van der Waals surface area contributed by atoms with E-state index >= 15 is 0 Å². The van der Waals surface area contributed by atoms with Gasteiger partial charge in [0.15, 0.2) is 11.8 Å². The number of hydrogen-bond acceptors (Lipinski definition) is 4. The molecule has 1 aromatic rings. The molecule has 0 aliphatic rings. The summed E-state index contributed by atoms with van der Waals surface area (Å²) in [5.74, 6) is 1.30. The number of hydrogen-bond donors (Lipinski definition) is 3. The second kappa shape index (κ2) is 10.4. The fraction of sp³-hybridized carbons (Fsp3) is 0.714. The molecular formula is C14H28IN7O. The second-order valence-electron chi connectivity index (χ2n) is 5.88. The topological polar surface area (TPSA) is 96.2 Å². The van der Waals surface area contributed by atoms with Gasteiger partial charge in [-0.25, -0.2) is 4.99 Å². The first-order chi connectivity index (χ1) is 10.4. The minimum atomic E-state index is -0.244. The summed E-state index contributed by atoms with van der Waals surface area (Å²) in [6.07, 6.45) is 1.68. The lowest BCUT2D eigenvalue weighted by molar-refractivity contribution is -0.121. The predicted octanol–water partition coefficient (Wildman–Crippen LogP) is 0.886. The number of carbonyl (C=O) groups is 1. The lowest BCUT2D eigenvalue weighted by atomic mass is 10.1. The van der Waals surface area contributed by atoms with Crippen LogP contribution in [0.1, 0.15) is 40.4 Å². The van der Waals surface area contributed by atoms with E-state index in [0.717, 1.165) is 12.4 Å². The molecule has 0 aromatic carbocycles. The van der Waals surface area contributed by atoms with Gasteiger partial charge in [-0.3, -0.25) is 4.79 Å². The quantitative estimate of drug-likeness (QED) is 0.349. The molecule has 1 rings (SSSR count). The van der Waals surface area contributed by atoms with Crippen molar-refractivity contribution >= 4 is 35.8 Å². The van der Waals surface area contributed by atoms with Crippen LogP contribution in [0.25, 0.3) is 0 Å². The van der Waals surface area contributed by atoms with Gasteiger partial charge >= 0.3 is 0 Å². The van der Waals surface area contributed by atoms with E-state index in [-0.39, 0.29) is 42.0 Å². The molecule has 8 nitrogen and oxygen atoms in total. The monoisotopic (exact) mass is 437 g/mol. The molecule has 9 heteroatoms. The average Bonchev–Trinajstić information content (AvgIpc) is 2.87. The Labute approximate surface area is 154 Å². The summed E-state index contributed by atoms with van der Waals surface area (Å²) >= 11 is 0. The number of aliphatic imine (C=N–C) groups is 1. The zero-order valence-electron chi connectivity index (χ0n) is 14.5. The van der Waals surface area contributed by atoms with Crippen molar-refractivity contribution in [3.63, 3.8) is 0 Å². The molecule has 0 bridgehead atoms. The van der Waals surface area contributed by atoms with Crippen LogP contribution in [0.5, 0.6) is 0 Å². The summed E-state index contributed by atoms with van der Waals surface area (Å²) in [4.78, 5) is 16.2. The number of aromatic nitrogens is 3. The number of nitrogens with zero attached hydrogens (tertiary/aromatic N) is 4. The Kier molecular flexibility index (Phi) is 9.77. The van der Waals surface area contributed by atoms with E-state index in [9.17, 15) is 4.79 Å². The zero-order chi connectivity index (χ0) is 16.6. The van der Waals surface area contributed by atoms with E-state index in [4.69, 9.17) is 0 Å². The smallest absolute Gasteiger partial charge is 0.239 e. The molecule has 0 saturated carbocycles. The number of amides is 1. The SMILES string of the molecule is CCNC(=NCc1nncn1CC)NCC(=O)NC(C)(C)C.I. The van der Waals surface area contributed by atoms with E-state index in [1.54, 1.807) is 6.33 Å². The molecule has 0 atom stereocenters. The number of guanidine groups is 1. The fourth-order valence-corrected chi connectivity index (χ4v) is 1.78. The summed E-state index contributed by atoms with van der Waals surface area (Å²) in [6, 6.07) is 0. The lowest BCUT2D eigenvalue weighted by Crippen LogP contribution is -2.48. The van der Waals surface area contributed by atoms with Crippen LogP contribution in [0.3, 0.4) is 0 Å². The van der Waals surface area contributed by atoms with Gasteiger partial charge in [0.25, 0.3) is 0 Å². The van der Waals surface area contributed by atoms with E-state index in [1.807, 2.05) is 39.2 Å². The highest BCUT2D eigenvalue weighted by molar-refractivity contribution is 14.0. The van der Waals surface area contributed by atoms with Crippen molar-refractivity contribution in [3.8, 4) is 0 Å². The Morgan fingerprint density at radius 2 is 2.00 bits per heavy atom. The molecule has 0 spiro atoms. The van der Waals surface area contributed by atoms with E-state index in [0.29, 0.717) is 19.0 Å². The van der Waals surface area contributed by atoms with Crippen LogP contribution < -0.4 is 16.0 Å². The Morgan fingerprint density at radius 1 is 1.30 bits per heavy atom. The Bertz CT molecular complexity index is 507. The van der Waals surface area contributed by atoms with Crippen LogP contribution in [-0.2, 0) is 17.9 Å². The number of carbonyl (C=O) groups excluding carboxylic acids is 1. The number of aryl methyl sites for hydroxylation is 1. The summed E-state index contributed by atoms with van der Waals surface area (Å²) in [5, 5.41) is 16.9. The number of rotatable bonds is 6. The Morgan fingerprint density at radius 3 is 2.57 bits per heavy atom. The van der Waals surface area contributed by atoms with Crippen molar-refractivity contribution in [2.24, 2.45) is 4.99 Å². The summed E-state index contributed by atoms with van der Waals surface area (Å²) < 4.78 is 1.93. The molecule has 3 N–H and O–H groups in total. The summed E-state index contributed by atoms with van der Waals surface area (Å²) in [6.45, 7) is 11.9. The first-order valence-electron chi connectivity index (χ1n) is 7.55. The summed E-state index contributed by atoms with van der Waals surface area (Å²) in [5.41, 5.74) is -0.244. The predicted molar refractivity (Wildman–Crippen MR) is 102 cm³/mol. The molecule has 1 heterocycles. The third kappa shape index (κ3) is 8.72. The molecule has 0 unspecified atom stereocenters. The molecule has 1 amide bonds. The molecule has 0 aliphatic carbocycles. The van der Waals surface area contributed by atoms with Crippen molar-refractivity contribution in [2.45, 2.75) is 53.2 Å². The summed E-state index contributed by atoms with van der Waals surface area (Å²) in [7, 11) is 0. The van der Waals surface area contributed by atoms with Gasteiger partial charge < -0.3 is 20.5 Å². The molecule has 1 aromatic heterocycles. The Balaban J connectivity index is 0.00000484. The molecule has 0 fully saturated rings. The second-order valence-corrected chi connectivity index (χ2v) is 5.88. The van der Waals surface area contributed by atoms with Crippen LogP contribution in [0.4, 0.5) is 0 Å². The van der Waals surface area contributed by atoms with Gasteiger partial charge in [0.1, 0.15) is 12.9 Å². The third-order valence-electron chi connectivity index (χ3n) is 2.69. The van der Waals surface area contributed by atoms with Crippen molar-refractivity contribution in [3.05, 3.63) is 12.2 Å². The molecular weight excluding hydrogens is 409 g/mol. The standard InChI is InChI=1S/C14H27N7O.HI/c1-6-15-13(17-9-12(22)19-14(3,4)5)16-8-11-20-18-10-21(11)7-2;/h10H,6-9H2,1-5H3,(H,19,22)(H2,15,16,17);1H. The van der Waals surface area contributed by atoms with Gasteiger partial charge in [-0.2, -0.15) is 0 Å². The first kappa shape index (κ1) is 21.6. The first-order valence-corrected chi connectivity index (χ1v) is 7.55. The number of halogens is 1. The van der Waals surface area contributed by atoms with Crippen LogP contribution in [0.15, 0.2) is 11.3 Å². The minimum absolute atomic E-state index is 0. The van der Waals surface area contributed by atoms with Crippen molar-refractivity contribution in [2.75, 3.05) is 13.1 Å². The molecule has 23 heavy (non-hydrogen) atoms. The lowest BCUT2D eigenvalue weighted by Gasteiger charge is -2.21. The average molecular weight is 437 g/mol. The fourth-order valence-electron chi connectivity index (χ4n) is 1.78. The molecule has 0 saturated heterocycles. The highest BCUT2D eigenvalue weighted by Crippen LogP contribution is 1.98. The van der Waals surface area contributed by atoms with Crippen LogP contribution >= 0.6 is 24.0 Å². The van der Waals surface area contributed by atoms with Crippen LogP contribution in [0, 0.1) is 0 Å². The normalized spacial score (nSPS) is 11.6. The van der Waals surface area contributed by atoms with Gasteiger partial charge in [0, 0.05) is 18.6 Å². The van der Waals surface area contributed by atoms with E-state index in [2.05, 4.69) is 31.1 Å². The van der Waals surface area contributed by atoms with Crippen molar-refractivity contribution in [1.29, 1.82) is 0 Å². The van der Waals surface area contributed by atoms with E-state index in [1.165, 1.54) is 0 Å². The minimum Gasteiger partial charge on any atom is -0.357 e. The van der Waals surface area contributed by atoms with Crippen molar-refractivity contribution < 1.29 is 4.79 Å². The van der Waals surface area contributed by atoms with Crippen LogP contribution in [-0.4, -0.2) is 45.3 Å². The maximum atomic E-state index is 11.8. The van der Waals surface area contributed by atoms with Gasteiger partial charge in [-0.15, -0.1) is 34.2 Å². The zero-order valence-corrected chi connectivity index (χ0v) is 16.8. The van der Waals surface area contributed by atoms with Gasteiger partial charge in [0.2, 0.25) is 5.91 Å². The maximum absolute atomic E-state index is 11.8. The largest absolute Gasteiger partial charge is 0.357 e. The highest BCUT2D eigenvalue weighted by Gasteiger charge is 2.13. The van der Waals surface area contributed by atoms with Gasteiger partial charge in [-0.1, -0.05) is 0 Å². The van der Waals surface area contributed by atoms with Gasteiger partial charge in [0.05, 0.1) is 6.54 Å². The molecule has 0 aliphatic heterocycles. The van der Waals surface area contributed by atoms with Crippen LogP contribution in [0.2, 0.25) is 0 Å². The molecule has 0 radical (unpaired) electrons. The highest BCUT2D eigenvalue weighted by atomic mass is 127. The maximum Gasteiger partial charge on any atom is 0.239 e. The molecule has 132 valence electrons. The van der Waals surface area contributed by atoms with E-state index < -0.39 is 0 Å². The van der Waals surface area contributed by atoms with Crippen molar-refractivity contribution in [1.82, 2.24) is 30.7 Å².